The van der Waals surface area contributed by atoms with Crippen LogP contribution in [0.5, 0.6) is 0 Å². The maximum Gasteiger partial charge on any atom is 0.335 e. The number of anilines is 1. The van der Waals surface area contributed by atoms with E-state index in [4.69, 9.17) is 22.4 Å². The number of benzene rings is 1. The first-order valence-electron chi connectivity index (χ1n) is 6.02. The number of aromatic nitrogens is 1. The van der Waals surface area contributed by atoms with Crippen LogP contribution in [0, 0.1) is 0 Å². The molecule has 0 fully saturated rings. The van der Waals surface area contributed by atoms with E-state index in [0.29, 0.717) is 5.56 Å². The number of hydrogen-bond acceptors (Lipinski definition) is 5. The maximum atomic E-state index is 12.2. The van der Waals surface area contributed by atoms with Gasteiger partial charge in [-0.25, -0.2) is 22.9 Å². The van der Waals surface area contributed by atoms with E-state index in [2.05, 4.69) is 9.71 Å². The summed E-state index contributed by atoms with van der Waals surface area (Å²) < 4.78 is 26.7. The summed E-state index contributed by atoms with van der Waals surface area (Å²) in [5.41, 5.74) is 6.26. The van der Waals surface area contributed by atoms with E-state index in [9.17, 15) is 13.2 Å². The first-order valence-corrected chi connectivity index (χ1v) is 7.88. The van der Waals surface area contributed by atoms with Crippen LogP contribution in [0.15, 0.2) is 41.4 Å². The number of nitrogens with one attached hydrogen (secondary N) is 1. The molecule has 1 aromatic heterocycles. The molecule has 0 radical (unpaired) electrons. The number of nitrogens with two attached hydrogens (primary N) is 1. The Morgan fingerprint density at radius 1 is 1.32 bits per heavy atom. The van der Waals surface area contributed by atoms with Gasteiger partial charge in [-0.15, -0.1) is 0 Å². The lowest BCUT2D eigenvalue weighted by molar-refractivity contribution is 0.0697. The van der Waals surface area contributed by atoms with Gasteiger partial charge in [-0.2, -0.15) is 0 Å². The number of halogens is 1. The third kappa shape index (κ3) is 3.73. The molecule has 7 nitrogen and oxygen atoms in total. The zero-order valence-electron chi connectivity index (χ0n) is 11.2. The molecule has 0 spiro atoms. The van der Waals surface area contributed by atoms with Crippen molar-refractivity contribution in [1.29, 1.82) is 0 Å². The highest BCUT2D eigenvalue weighted by Crippen LogP contribution is 2.20. The number of carboxylic acid groups (broad SMARTS) is 1. The molecule has 4 N–H and O–H groups in total. The number of pyridine rings is 1. The lowest BCUT2D eigenvalue weighted by Gasteiger charge is -2.09. The van der Waals surface area contributed by atoms with E-state index in [0.717, 1.165) is 0 Å². The molecule has 1 heterocycles. The Hall–Kier alpha value is -2.16. The van der Waals surface area contributed by atoms with Crippen LogP contribution in [0.3, 0.4) is 0 Å². The largest absolute Gasteiger partial charge is 0.478 e. The summed E-state index contributed by atoms with van der Waals surface area (Å²) in [7, 11) is -3.88. The molecule has 0 saturated carbocycles. The molecular formula is C13H12ClN3O4S. The van der Waals surface area contributed by atoms with Gasteiger partial charge in [0.1, 0.15) is 10.7 Å². The predicted octanol–water partition coefficient (Wildman–Crippen LogP) is 1.49. The lowest BCUT2D eigenvalue weighted by atomic mass is 10.1. The number of carbonyl (C=O) groups is 1. The molecule has 2 rings (SSSR count). The van der Waals surface area contributed by atoms with Crippen molar-refractivity contribution in [3.63, 3.8) is 0 Å². The fourth-order valence-electron chi connectivity index (χ4n) is 1.67. The van der Waals surface area contributed by atoms with Crippen molar-refractivity contribution in [3.05, 3.63) is 52.7 Å². The summed E-state index contributed by atoms with van der Waals surface area (Å²) >= 11 is 5.72. The monoisotopic (exact) mass is 341 g/mol. The van der Waals surface area contributed by atoms with Gasteiger partial charge in [0.2, 0.25) is 10.0 Å². The normalized spacial score (nSPS) is 11.3. The van der Waals surface area contributed by atoms with E-state index >= 15 is 0 Å². The predicted molar refractivity (Wildman–Crippen MR) is 81.1 cm³/mol. The van der Waals surface area contributed by atoms with Crippen molar-refractivity contribution >= 4 is 33.4 Å². The van der Waals surface area contributed by atoms with Crippen molar-refractivity contribution in [2.45, 2.75) is 11.4 Å². The Morgan fingerprint density at radius 3 is 2.55 bits per heavy atom. The zero-order chi connectivity index (χ0) is 16.3. The summed E-state index contributed by atoms with van der Waals surface area (Å²) in [4.78, 5) is 14.2. The summed E-state index contributed by atoms with van der Waals surface area (Å²) in [6.45, 7) is -0.0197. The summed E-state index contributed by atoms with van der Waals surface area (Å²) in [5, 5.41) is 8.95. The topological polar surface area (TPSA) is 122 Å². The maximum absolute atomic E-state index is 12.2. The quantitative estimate of drug-likeness (QED) is 0.757. The fourth-order valence-corrected chi connectivity index (χ4v) is 3.01. The molecule has 116 valence electrons. The summed E-state index contributed by atoms with van der Waals surface area (Å²) in [5.74, 6) is -1.21. The SMILES string of the molecule is Nc1ncc(Cl)cc1S(=O)(=O)NCc1ccc(C(=O)O)cc1. The van der Waals surface area contributed by atoms with Gasteiger partial charge in [0, 0.05) is 12.7 Å². The van der Waals surface area contributed by atoms with Crippen molar-refractivity contribution in [3.8, 4) is 0 Å². The van der Waals surface area contributed by atoms with Gasteiger partial charge in [0.15, 0.2) is 0 Å². The Bertz CT molecular complexity index is 807. The molecule has 0 aliphatic heterocycles. The number of carboxylic acids is 1. The highest BCUT2D eigenvalue weighted by Gasteiger charge is 2.18. The lowest BCUT2D eigenvalue weighted by Crippen LogP contribution is -2.24. The molecule has 0 atom stereocenters. The second kappa shape index (κ2) is 6.30. The van der Waals surface area contributed by atoms with Gasteiger partial charge >= 0.3 is 5.97 Å². The first kappa shape index (κ1) is 16.2. The third-order valence-corrected chi connectivity index (χ3v) is 4.44. The third-order valence-electron chi connectivity index (χ3n) is 2.81. The smallest absolute Gasteiger partial charge is 0.335 e. The minimum Gasteiger partial charge on any atom is -0.478 e. The number of aromatic carboxylic acids is 1. The van der Waals surface area contributed by atoms with Crippen LogP contribution in [0.4, 0.5) is 5.82 Å². The number of hydrogen-bond donors (Lipinski definition) is 3. The van der Waals surface area contributed by atoms with Gasteiger partial charge in [-0.3, -0.25) is 0 Å². The standard InChI is InChI=1S/C13H12ClN3O4S/c14-10-5-11(12(15)16-7-10)22(20,21)17-6-8-1-3-9(4-2-8)13(18)19/h1-5,7,17H,6H2,(H2,15,16)(H,18,19). The molecule has 1 aromatic carbocycles. The van der Waals surface area contributed by atoms with Crippen LogP contribution >= 0.6 is 11.6 Å². The molecule has 0 aliphatic rings. The molecule has 9 heteroatoms. The minimum absolute atomic E-state index is 0.0197. The first-order chi connectivity index (χ1) is 10.3. The number of rotatable bonds is 5. The van der Waals surface area contributed by atoms with Crippen molar-refractivity contribution < 1.29 is 18.3 Å². The average Bonchev–Trinajstić information content (AvgIpc) is 2.48. The van der Waals surface area contributed by atoms with Crippen LogP contribution in [-0.2, 0) is 16.6 Å². The Labute approximate surface area is 131 Å². The Kier molecular flexibility index (Phi) is 4.65. The van der Waals surface area contributed by atoms with Gasteiger partial charge in [-0.1, -0.05) is 23.7 Å². The van der Waals surface area contributed by atoms with Crippen molar-refractivity contribution in [1.82, 2.24) is 9.71 Å². The van der Waals surface area contributed by atoms with E-state index in [1.807, 2.05) is 0 Å². The molecule has 2 aromatic rings. The highest BCUT2D eigenvalue weighted by molar-refractivity contribution is 7.89. The number of sulfonamides is 1. The molecular weight excluding hydrogens is 330 g/mol. The molecule has 0 saturated heterocycles. The van der Waals surface area contributed by atoms with Gasteiger partial charge < -0.3 is 10.8 Å². The van der Waals surface area contributed by atoms with E-state index in [1.54, 1.807) is 0 Å². The molecule has 0 unspecified atom stereocenters. The van der Waals surface area contributed by atoms with Crippen LogP contribution < -0.4 is 10.5 Å². The van der Waals surface area contributed by atoms with Crippen molar-refractivity contribution in [2.75, 3.05) is 5.73 Å². The van der Waals surface area contributed by atoms with Crippen LogP contribution in [0.25, 0.3) is 0 Å². The molecule has 0 bridgehead atoms. The number of nitrogen functional groups attached to an aromatic ring is 1. The second-order valence-electron chi connectivity index (χ2n) is 4.36. The van der Waals surface area contributed by atoms with E-state index in [1.165, 1.54) is 36.5 Å². The van der Waals surface area contributed by atoms with Crippen LogP contribution in [0.1, 0.15) is 15.9 Å². The summed E-state index contributed by atoms with van der Waals surface area (Å²) in [6.07, 6.45) is 1.25. The van der Waals surface area contributed by atoms with Gasteiger partial charge in [0.25, 0.3) is 0 Å². The number of nitrogens with zero attached hydrogens (tertiary/aromatic N) is 1. The van der Waals surface area contributed by atoms with Crippen molar-refractivity contribution in [2.24, 2.45) is 0 Å². The Morgan fingerprint density at radius 2 is 1.95 bits per heavy atom. The molecule has 0 amide bonds. The highest BCUT2D eigenvalue weighted by atomic mass is 35.5. The summed E-state index contributed by atoms with van der Waals surface area (Å²) in [6, 6.07) is 7.03. The van der Waals surface area contributed by atoms with Gasteiger partial charge in [-0.05, 0) is 23.8 Å². The van der Waals surface area contributed by atoms with E-state index < -0.39 is 16.0 Å². The van der Waals surface area contributed by atoms with Gasteiger partial charge in [0.05, 0.1) is 10.6 Å². The second-order valence-corrected chi connectivity index (χ2v) is 6.54. The Balaban J connectivity index is 2.16. The minimum atomic E-state index is -3.88. The van der Waals surface area contributed by atoms with Crippen LogP contribution in [0.2, 0.25) is 5.02 Å². The fraction of sp³-hybridized carbons (Fsp3) is 0.0769. The molecule has 22 heavy (non-hydrogen) atoms. The van der Waals surface area contributed by atoms with E-state index in [-0.39, 0.29) is 27.8 Å². The van der Waals surface area contributed by atoms with Crippen LogP contribution in [-0.4, -0.2) is 24.5 Å². The average molecular weight is 342 g/mol. The zero-order valence-corrected chi connectivity index (χ0v) is 12.7. The molecule has 0 aliphatic carbocycles.